The van der Waals surface area contributed by atoms with Gasteiger partial charge in [0.15, 0.2) is 5.75 Å². The first kappa shape index (κ1) is 12.7. The smallest absolute Gasteiger partial charge is 0.311 e. The summed E-state index contributed by atoms with van der Waals surface area (Å²) in [6.45, 7) is 2.23. The average Bonchev–Trinajstić information content (AvgIpc) is 2.74. The van der Waals surface area contributed by atoms with Gasteiger partial charge in [-0.05, 0) is 24.8 Å². The topological polar surface area (TPSA) is 64.4 Å². The van der Waals surface area contributed by atoms with Crippen molar-refractivity contribution in [2.24, 2.45) is 5.92 Å². The van der Waals surface area contributed by atoms with E-state index in [1.54, 1.807) is 12.1 Å². The van der Waals surface area contributed by atoms with E-state index in [0.29, 0.717) is 17.7 Å². The number of rotatable bonds is 4. The molecule has 1 aliphatic rings. The second kappa shape index (κ2) is 5.25. The zero-order valence-corrected chi connectivity index (χ0v) is 10.7. The lowest BCUT2D eigenvalue weighted by atomic mass is 10.1. The van der Waals surface area contributed by atoms with Crippen LogP contribution >= 0.6 is 0 Å². The highest BCUT2D eigenvalue weighted by molar-refractivity contribution is 5.58. The average molecular weight is 250 g/mol. The molecule has 18 heavy (non-hydrogen) atoms. The molecule has 1 aliphatic carbocycles. The normalized spacial score (nSPS) is 22.8. The van der Waals surface area contributed by atoms with Gasteiger partial charge < -0.3 is 10.1 Å². The number of nitrogens with zero attached hydrogens (tertiary/aromatic N) is 1. The first-order chi connectivity index (χ1) is 8.61. The highest BCUT2D eigenvalue weighted by Crippen LogP contribution is 2.32. The quantitative estimate of drug-likeness (QED) is 0.658. The van der Waals surface area contributed by atoms with Gasteiger partial charge in [-0.1, -0.05) is 13.3 Å². The van der Waals surface area contributed by atoms with Crippen molar-refractivity contribution in [2.75, 3.05) is 12.4 Å². The summed E-state index contributed by atoms with van der Waals surface area (Å²) in [5.74, 6) is 0.946. The molecular formula is C13H18N2O3. The first-order valence-electron chi connectivity index (χ1n) is 6.21. The number of nitro benzene ring substituents is 1. The lowest BCUT2D eigenvalue weighted by Crippen LogP contribution is -2.21. The molecule has 5 nitrogen and oxygen atoms in total. The van der Waals surface area contributed by atoms with Crippen molar-refractivity contribution in [2.45, 2.75) is 32.2 Å². The van der Waals surface area contributed by atoms with Gasteiger partial charge in [-0.3, -0.25) is 10.1 Å². The minimum absolute atomic E-state index is 0.00233. The van der Waals surface area contributed by atoms with Crippen LogP contribution in [-0.4, -0.2) is 18.1 Å². The standard InChI is InChI=1S/C13H18N2O3/c1-9-4-3-5-11(9)14-10-6-7-12(15(16)17)13(8-10)18-2/h6-9,11,14H,3-5H2,1-2H3. The predicted molar refractivity (Wildman–Crippen MR) is 70.1 cm³/mol. The van der Waals surface area contributed by atoms with Crippen LogP contribution in [0.1, 0.15) is 26.2 Å². The van der Waals surface area contributed by atoms with E-state index in [2.05, 4.69) is 12.2 Å². The van der Waals surface area contributed by atoms with E-state index < -0.39 is 4.92 Å². The van der Waals surface area contributed by atoms with Crippen molar-refractivity contribution in [1.82, 2.24) is 0 Å². The Kier molecular flexibility index (Phi) is 3.69. The van der Waals surface area contributed by atoms with Crippen LogP contribution in [0.5, 0.6) is 5.75 Å². The molecule has 1 fully saturated rings. The van der Waals surface area contributed by atoms with E-state index in [4.69, 9.17) is 4.74 Å². The van der Waals surface area contributed by atoms with Crippen molar-refractivity contribution < 1.29 is 9.66 Å². The lowest BCUT2D eigenvalue weighted by molar-refractivity contribution is -0.385. The van der Waals surface area contributed by atoms with Gasteiger partial charge in [-0.2, -0.15) is 0 Å². The Morgan fingerprint density at radius 2 is 2.22 bits per heavy atom. The third kappa shape index (κ3) is 2.55. The van der Waals surface area contributed by atoms with Gasteiger partial charge in [-0.15, -0.1) is 0 Å². The molecule has 0 heterocycles. The molecular weight excluding hydrogens is 232 g/mol. The zero-order valence-electron chi connectivity index (χ0n) is 10.7. The summed E-state index contributed by atoms with van der Waals surface area (Å²) < 4.78 is 5.06. The molecule has 0 saturated heterocycles. The second-order valence-corrected chi connectivity index (χ2v) is 4.80. The third-order valence-corrected chi connectivity index (χ3v) is 3.59. The monoisotopic (exact) mass is 250 g/mol. The maximum atomic E-state index is 10.8. The largest absolute Gasteiger partial charge is 0.490 e. The molecule has 2 rings (SSSR count). The first-order valence-corrected chi connectivity index (χ1v) is 6.21. The van der Waals surface area contributed by atoms with Crippen molar-refractivity contribution in [3.05, 3.63) is 28.3 Å². The molecule has 2 atom stereocenters. The number of nitro groups is 1. The molecule has 1 N–H and O–H groups in total. The van der Waals surface area contributed by atoms with Crippen molar-refractivity contribution in [3.63, 3.8) is 0 Å². The maximum absolute atomic E-state index is 10.8. The van der Waals surface area contributed by atoms with E-state index >= 15 is 0 Å². The molecule has 0 aliphatic heterocycles. The summed E-state index contributed by atoms with van der Waals surface area (Å²) in [5, 5.41) is 14.2. The van der Waals surface area contributed by atoms with E-state index in [-0.39, 0.29) is 5.69 Å². The van der Waals surface area contributed by atoms with Gasteiger partial charge in [0, 0.05) is 23.9 Å². The summed E-state index contributed by atoms with van der Waals surface area (Å²) in [5.41, 5.74) is 0.888. The molecule has 5 heteroatoms. The fourth-order valence-electron chi connectivity index (χ4n) is 2.49. The maximum Gasteiger partial charge on any atom is 0.311 e. The molecule has 0 amide bonds. The van der Waals surface area contributed by atoms with Crippen molar-refractivity contribution in [1.29, 1.82) is 0 Å². The van der Waals surface area contributed by atoms with Crippen LogP contribution in [0.15, 0.2) is 18.2 Å². The van der Waals surface area contributed by atoms with Crippen molar-refractivity contribution >= 4 is 11.4 Å². The number of anilines is 1. The molecule has 2 unspecified atom stereocenters. The third-order valence-electron chi connectivity index (χ3n) is 3.59. The van der Waals surface area contributed by atoms with Crippen LogP contribution in [0.4, 0.5) is 11.4 Å². The van der Waals surface area contributed by atoms with Crippen LogP contribution in [0.25, 0.3) is 0 Å². The fourth-order valence-corrected chi connectivity index (χ4v) is 2.49. The Balaban J connectivity index is 2.17. The number of benzene rings is 1. The molecule has 0 spiro atoms. The molecule has 0 bridgehead atoms. The van der Waals surface area contributed by atoms with Crippen LogP contribution in [0.3, 0.4) is 0 Å². The number of methoxy groups -OCH3 is 1. The molecule has 98 valence electrons. The van der Waals surface area contributed by atoms with Crippen LogP contribution < -0.4 is 10.1 Å². The van der Waals surface area contributed by atoms with Crippen LogP contribution in [0, 0.1) is 16.0 Å². The molecule has 0 aromatic heterocycles. The van der Waals surface area contributed by atoms with E-state index in [9.17, 15) is 10.1 Å². The Morgan fingerprint density at radius 1 is 1.44 bits per heavy atom. The molecule has 1 saturated carbocycles. The van der Waals surface area contributed by atoms with Gasteiger partial charge in [-0.25, -0.2) is 0 Å². The highest BCUT2D eigenvalue weighted by Gasteiger charge is 2.23. The summed E-state index contributed by atoms with van der Waals surface area (Å²) in [7, 11) is 1.45. The molecule has 0 radical (unpaired) electrons. The molecule has 1 aromatic rings. The zero-order chi connectivity index (χ0) is 13.1. The van der Waals surface area contributed by atoms with Crippen LogP contribution in [-0.2, 0) is 0 Å². The van der Waals surface area contributed by atoms with E-state index in [0.717, 1.165) is 12.1 Å². The van der Waals surface area contributed by atoms with Gasteiger partial charge in [0.2, 0.25) is 0 Å². The lowest BCUT2D eigenvalue weighted by Gasteiger charge is -2.19. The Labute approximate surface area is 106 Å². The number of nitrogens with one attached hydrogen (secondary N) is 1. The SMILES string of the molecule is COc1cc(NC2CCCC2C)ccc1[N+](=O)[O-]. The van der Waals surface area contributed by atoms with Crippen LogP contribution in [0.2, 0.25) is 0 Å². The van der Waals surface area contributed by atoms with Gasteiger partial charge in [0.05, 0.1) is 12.0 Å². The van der Waals surface area contributed by atoms with Crippen molar-refractivity contribution in [3.8, 4) is 5.75 Å². The Bertz CT molecular complexity index is 448. The number of ether oxygens (including phenoxy) is 1. The molecule has 1 aromatic carbocycles. The van der Waals surface area contributed by atoms with E-state index in [1.807, 2.05) is 0 Å². The minimum Gasteiger partial charge on any atom is -0.490 e. The predicted octanol–water partition coefficient (Wildman–Crippen LogP) is 3.20. The van der Waals surface area contributed by atoms with Gasteiger partial charge in [0.1, 0.15) is 0 Å². The van der Waals surface area contributed by atoms with Gasteiger partial charge in [0.25, 0.3) is 0 Å². The minimum atomic E-state index is -0.430. The van der Waals surface area contributed by atoms with Gasteiger partial charge >= 0.3 is 5.69 Å². The van der Waals surface area contributed by atoms with E-state index in [1.165, 1.54) is 26.0 Å². The number of hydrogen-bond donors (Lipinski definition) is 1. The summed E-state index contributed by atoms with van der Waals surface area (Å²) >= 11 is 0. The fraction of sp³-hybridized carbons (Fsp3) is 0.538. The number of hydrogen-bond acceptors (Lipinski definition) is 4. The Hall–Kier alpha value is -1.78. The highest BCUT2D eigenvalue weighted by atomic mass is 16.6. The summed E-state index contributed by atoms with van der Waals surface area (Å²) in [6, 6.07) is 5.38. The Morgan fingerprint density at radius 3 is 2.78 bits per heavy atom. The summed E-state index contributed by atoms with van der Waals surface area (Å²) in [6.07, 6.45) is 3.63. The second-order valence-electron chi connectivity index (χ2n) is 4.80. The summed E-state index contributed by atoms with van der Waals surface area (Å²) in [4.78, 5) is 10.4.